The van der Waals surface area contributed by atoms with E-state index >= 15 is 0 Å². The number of thioether (sulfide) groups is 1. The van der Waals surface area contributed by atoms with E-state index in [9.17, 15) is 4.79 Å². The van der Waals surface area contributed by atoms with Crippen molar-refractivity contribution in [1.29, 1.82) is 0 Å². The summed E-state index contributed by atoms with van der Waals surface area (Å²) in [5.74, 6) is 0.0201. The van der Waals surface area contributed by atoms with Crippen molar-refractivity contribution < 1.29 is 4.79 Å². The smallest absolute Gasteiger partial charge is 0.237 e. The highest BCUT2D eigenvalue weighted by Gasteiger charge is 2.19. The molecule has 0 fully saturated rings. The van der Waals surface area contributed by atoms with Gasteiger partial charge >= 0.3 is 0 Å². The number of anilines is 1. The number of amides is 1. The number of aromatic nitrogens is 1. The second kappa shape index (κ2) is 7.49. The molecule has 2 aromatic carbocycles. The molecule has 3 aromatic rings. The van der Waals surface area contributed by atoms with E-state index in [0.29, 0.717) is 0 Å². The lowest BCUT2D eigenvalue weighted by molar-refractivity contribution is -0.115. The summed E-state index contributed by atoms with van der Waals surface area (Å²) in [6.45, 7) is 4.02. The van der Waals surface area contributed by atoms with Crippen molar-refractivity contribution in [3.05, 3.63) is 66.2 Å². The molecule has 0 saturated heterocycles. The molecule has 122 valence electrons. The molecule has 0 radical (unpaired) electrons. The Hall–Kier alpha value is -2.33. The molecular weight excluding hydrogens is 316 g/mol. The minimum absolute atomic E-state index is 0.0201. The van der Waals surface area contributed by atoms with Crippen molar-refractivity contribution in [2.24, 2.45) is 0 Å². The van der Waals surface area contributed by atoms with Gasteiger partial charge in [0.25, 0.3) is 0 Å². The highest BCUT2D eigenvalue weighted by molar-refractivity contribution is 8.00. The van der Waals surface area contributed by atoms with Crippen molar-refractivity contribution in [2.75, 3.05) is 5.32 Å². The van der Waals surface area contributed by atoms with Crippen molar-refractivity contribution >= 4 is 34.3 Å². The van der Waals surface area contributed by atoms with Crippen LogP contribution >= 0.6 is 11.8 Å². The van der Waals surface area contributed by atoms with E-state index in [-0.39, 0.29) is 11.2 Å². The molecule has 0 aliphatic carbocycles. The van der Waals surface area contributed by atoms with E-state index in [1.807, 2.05) is 68.4 Å². The summed E-state index contributed by atoms with van der Waals surface area (Å²) in [7, 11) is 0. The van der Waals surface area contributed by atoms with Crippen LogP contribution in [0.4, 0.5) is 5.69 Å². The lowest BCUT2D eigenvalue weighted by Crippen LogP contribution is -2.25. The lowest BCUT2D eigenvalue weighted by Gasteiger charge is -2.15. The summed E-state index contributed by atoms with van der Waals surface area (Å²) in [6.07, 6.45) is 0.747. The fourth-order valence-electron chi connectivity index (χ4n) is 2.51. The average molecular weight is 336 g/mol. The van der Waals surface area contributed by atoms with Gasteiger partial charge in [0.2, 0.25) is 5.91 Å². The summed E-state index contributed by atoms with van der Waals surface area (Å²) < 4.78 is 0. The number of carbonyl (C=O) groups is 1. The molecule has 0 aliphatic rings. The molecule has 1 aromatic heterocycles. The van der Waals surface area contributed by atoms with Crippen molar-refractivity contribution in [3.8, 4) is 0 Å². The Balaban J connectivity index is 1.75. The zero-order valence-corrected chi connectivity index (χ0v) is 14.6. The minimum Gasteiger partial charge on any atom is -0.325 e. The van der Waals surface area contributed by atoms with Gasteiger partial charge < -0.3 is 5.32 Å². The Labute approximate surface area is 146 Å². The highest BCUT2D eigenvalue weighted by atomic mass is 32.2. The summed E-state index contributed by atoms with van der Waals surface area (Å²) in [5, 5.41) is 4.85. The second-order valence-electron chi connectivity index (χ2n) is 5.66. The summed E-state index contributed by atoms with van der Waals surface area (Å²) in [4.78, 5) is 17.3. The zero-order chi connectivity index (χ0) is 16.9. The Kier molecular flexibility index (Phi) is 5.16. The second-order valence-corrected chi connectivity index (χ2v) is 6.88. The van der Waals surface area contributed by atoms with Crippen LogP contribution in [0.15, 0.2) is 65.7 Å². The van der Waals surface area contributed by atoms with Crippen LogP contribution in [0.5, 0.6) is 0 Å². The molecule has 1 N–H and O–H groups in total. The van der Waals surface area contributed by atoms with Crippen molar-refractivity contribution in [1.82, 2.24) is 4.98 Å². The van der Waals surface area contributed by atoms with E-state index in [4.69, 9.17) is 0 Å². The predicted molar refractivity (Wildman–Crippen MR) is 101 cm³/mol. The predicted octanol–water partition coefficient (Wildman–Crippen LogP) is 5.05. The van der Waals surface area contributed by atoms with Gasteiger partial charge in [-0.1, -0.05) is 61.2 Å². The molecule has 0 bridgehead atoms. The quantitative estimate of drug-likeness (QED) is 0.663. The third-order valence-electron chi connectivity index (χ3n) is 3.90. The fraction of sp³-hybridized carbons (Fsp3) is 0.200. The Morgan fingerprint density at radius 1 is 1.08 bits per heavy atom. The number of pyridine rings is 1. The number of fused-ring (bicyclic) bond motifs is 1. The summed E-state index contributed by atoms with van der Waals surface area (Å²) in [6, 6.07) is 19.9. The number of carbonyl (C=O) groups excluding carboxylic acids is 1. The lowest BCUT2D eigenvalue weighted by atomic mass is 10.2. The van der Waals surface area contributed by atoms with E-state index in [0.717, 1.165) is 33.6 Å². The Morgan fingerprint density at radius 2 is 1.83 bits per heavy atom. The fourth-order valence-corrected chi connectivity index (χ4v) is 3.43. The molecule has 4 heteroatoms. The Bertz CT molecular complexity index is 863. The minimum atomic E-state index is -0.168. The summed E-state index contributed by atoms with van der Waals surface area (Å²) in [5.41, 5.74) is 2.89. The number of nitrogens with one attached hydrogen (secondary N) is 1. The topological polar surface area (TPSA) is 42.0 Å². The van der Waals surface area contributed by atoms with Crippen molar-refractivity contribution in [2.45, 2.75) is 30.5 Å². The third kappa shape index (κ3) is 3.77. The van der Waals surface area contributed by atoms with Gasteiger partial charge in [0.15, 0.2) is 0 Å². The molecule has 0 unspecified atom stereocenters. The number of nitrogens with zero attached hydrogens (tertiary/aromatic N) is 1. The average Bonchev–Trinajstić information content (AvgIpc) is 2.61. The number of hydrogen-bond donors (Lipinski definition) is 1. The van der Waals surface area contributed by atoms with Gasteiger partial charge in [-0.2, -0.15) is 0 Å². The van der Waals surface area contributed by atoms with Gasteiger partial charge in [-0.15, -0.1) is 0 Å². The molecule has 1 atom stereocenters. The molecule has 0 saturated carbocycles. The van der Waals surface area contributed by atoms with Crippen LogP contribution in [0.25, 0.3) is 10.9 Å². The van der Waals surface area contributed by atoms with Crippen LogP contribution in [-0.2, 0) is 4.79 Å². The number of rotatable bonds is 5. The maximum absolute atomic E-state index is 12.6. The molecule has 1 heterocycles. The highest BCUT2D eigenvalue weighted by Crippen LogP contribution is 2.27. The van der Waals surface area contributed by atoms with Gasteiger partial charge in [0.05, 0.1) is 15.8 Å². The number of aryl methyl sites for hydroxylation is 1. The largest absolute Gasteiger partial charge is 0.325 e. The van der Waals surface area contributed by atoms with Crippen LogP contribution in [0, 0.1) is 6.92 Å². The first-order valence-electron chi connectivity index (χ1n) is 8.06. The first kappa shape index (κ1) is 16.5. The van der Waals surface area contributed by atoms with E-state index in [1.54, 1.807) is 0 Å². The van der Waals surface area contributed by atoms with Gasteiger partial charge in [-0.25, -0.2) is 4.98 Å². The van der Waals surface area contributed by atoms with Gasteiger partial charge in [0.1, 0.15) is 0 Å². The van der Waals surface area contributed by atoms with E-state index < -0.39 is 0 Å². The molecule has 1 amide bonds. The number of para-hydroxylation sites is 2. The van der Waals surface area contributed by atoms with E-state index in [2.05, 4.69) is 16.4 Å². The van der Waals surface area contributed by atoms with E-state index in [1.165, 1.54) is 11.8 Å². The van der Waals surface area contributed by atoms with Gasteiger partial charge in [0, 0.05) is 11.1 Å². The van der Waals surface area contributed by atoms with Crippen LogP contribution in [0.2, 0.25) is 0 Å². The molecular formula is C20H20N2OS. The Morgan fingerprint density at radius 3 is 2.62 bits per heavy atom. The normalized spacial score (nSPS) is 12.1. The first-order valence-corrected chi connectivity index (χ1v) is 8.94. The zero-order valence-electron chi connectivity index (χ0n) is 13.8. The molecule has 0 spiro atoms. The SMILES string of the molecule is CC[C@@H](Sc1ccc2ccccc2n1)C(=O)Nc1ccccc1C. The van der Waals surface area contributed by atoms with Gasteiger partial charge in [-0.05, 0) is 37.1 Å². The third-order valence-corrected chi connectivity index (χ3v) is 5.20. The summed E-state index contributed by atoms with van der Waals surface area (Å²) >= 11 is 1.51. The molecule has 3 rings (SSSR count). The maximum atomic E-state index is 12.6. The monoisotopic (exact) mass is 336 g/mol. The number of benzene rings is 2. The van der Waals surface area contributed by atoms with Crippen molar-refractivity contribution in [3.63, 3.8) is 0 Å². The maximum Gasteiger partial charge on any atom is 0.237 e. The molecule has 3 nitrogen and oxygen atoms in total. The van der Waals surface area contributed by atoms with Crippen LogP contribution in [0.1, 0.15) is 18.9 Å². The van der Waals surface area contributed by atoms with Crippen LogP contribution in [-0.4, -0.2) is 16.1 Å². The molecule has 0 aliphatic heterocycles. The van der Waals surface area contributed by atoms with Crippen LogP contribution in [0.3, 0.4) is 0 Å². The first-order chi connectivity index (χ1) is 11.7. The number of hydrogen-bond acceptors (Lipinski definition) is 3. The standard InChI is InChI=1S/C20H20N2OS/c1-3-18(20(23)22-16-10-6-4-8-14(16)2)24-19-13-12-15-9-5-7-11-17(15)21-19/h4-13,18H,3H2,1-2H3,(H,22,23)/t18-/m1/s1. The molecule has 24 heavy (non-hydrogen) atoms. The van der Waals surface area contributed by atoms with Gasteiger partial charge in [-0.3, -0.25) is 4.79 Å². The van der Waals surface area contributed by atoms with Crippen LogP contribution < -0.4 is 5.32 Å².